The summed E-state index contributed by atoms with van der Waals surface area (Å²) in [5.41, 5.74) is 1.05. The van der Waals surface area contributed by atoms with Crippen LogP contribution in [0.25, 0.3) is 0 Å². The van der Waals surface area contributed by atoms with Gasteiger partial charge in [-0.15, -0.1) is 0 Å². The number of hydrogen-bond acceptors (Lipinski definition) is 4. The number of nitrogens with one attached hydrogen (secondary N) is 1. The van der Waals surface area contributed by atoms with Gasteiger partial charge in [0.2, 0.25) is 0 Å². The Hall–Kier alpha value is -2.08. The van der Waals surface area contributed by atoms with E-state index in [-0.39, 0.29) is 5.56 Å². The van der Waals surface area contributed by atoms with Crippen molar-refractivity contribution in [2.24, 2.45) is 7.05 Å². The number of rotatable bonds is 4. The number of halogens is 1. The maximum Gasteiger partial charge on any atom is 0.341 e. The Morgan fingerprint density at radius 1 is 1.61 bits per heavy atom. The van der Waals surface area contributed by atoms with Crippen LogP contribution in [0.15, 0.2) is 24.5 Å². The van der Waals surface area contributed by atoms with Gasteiger partial charge in [0.25, 0.3) is 0 Å². The van der Waals surface area contributed by atoms with Crippen molar-refractivity contribution in [1.29, 1.82) is 0 Å². The summed E-state index contributed by atoms with van der Waals surface area (Å²) in [5.74, 6) is -0.561. The first-order chi connectivity index (χ1) is 8.58. The van der Waals surface area contributed by atoms with E-state index in [9.17, 15) is 4.79 Å². The third-order valence-electron chi connectivity index (χ3n) is 2.42. The van der Waals surface area contributed by atoms with Crippen molar-refractivity contribution in [2.75, 3.05) is 5.32 Å². The first-order valence-corrected chi connectivity index (χ1v) is 5.55. The summed E-state index contributed by atoms with van der Waals surface area (Å²) in [4.78, 5) is 14.9. The maximum atomic E-state index is 11.0. The molecule has 0 saturated heterocycles. The fraction of sp³-hybridized carbons (Fsp3) is 0.182. The maximum absolute atomic E-state index is 11.0. The molecule has 0 radical (unpaired) electrons. The molecule has 94 valence electrons. The van der Waals surface area contributed by atoms with Crippen LogP contribution in [0.4, 0.5) is 5.82 Å². The Morgan fingerprint density at radius 3 is 3.06 bits per heavy atom. The van der Waals surface area contributed by atoms with Gasteiger partial charge >= 0.3 is 5.97 Å². The molecule has 0 unspecified atom stereocenters. The third-order valence-corrected chi connectivity index (χ3v) is 2.63. The third kappa shape index (κ3) is 2.60. The van der Waals surface area contributed by atoms with Crippen LogP contribution in [-0.4, -0.2) is 25.8 Å². The monoisotopic (exact) mass is 266 g/mol. The number of carboxylic acid groups (broad SMARTS) is 1. The van der Waals surface area contributed by atoms with Crippen LogP contribution in [-0.2, 0) is 13.6 Å². The van der Waals surface area contributed by atoms with Gasteiger partial charge in [0, 0.05) is 19.8 Å². The molecule has 2 aromatic rings. The summed E-state index contributed by atoms with van der Waals surface area (Å²) >= 11 is 5.77. The van der Waals surface area contributed by atoms with E-state index in [0.29, 0.717) is 17.5 Å². The molecule has 2 rings (SSSR count). The van der Waals surface area contributed by atoms with Gasteiger partial charge in [-0.2, -0.15) is 5.10 Å². The largest absolute Gasteiger partial charge is 0.477 e. The Balaban J connectivity index is 2.15. The minimum absolute atomic E-state index is 0.137. The predicted octanol–water partition coefficient (Wildman–Crippen LogP) is 1.78. The molecule has 0 amide bonds. The van der Waals surface area contributed by atoms with Gasteiger partial charge in [-0.05, 0) is 17.7 Å². The SMILES string of the molecule is Cn1ncc(C(=O)O)c1NCc1ccnc(Cl)c1. The molecular weight excluding hydrogens is 256 g/mol. The van der Waals surface area contributed by atoms with E-state index in [0.717, 1.165) is 5.56 Å². The second kappa shape index (κ2) is 5.05. The first-order valence-electron chi connectivity index (χ1n) is 5.17. The van der Waals surface area contributed by atoms with Crippen LogP contribution < -0.4 is 5.32 Å². The normalized spacial score (nSPS) is 10.3. The molecule has 0 aliphatic carbocycles. The molecule has 0 saturated carbocycles. The Bertz CT molecular complexity index is 582. The van der Waals surface area contributed by atoms with E-state index in [1.807, 2.05) is 0 Å². The average Bonchev–Trinajstić information content (AvgIpc) is 2.68. The Labute approximate surface area is 108 Å². The molecule has 2 N–H and O–H groups in total. The molecule has 0 atom stereocenters. The predicted molar refractivity (Wildman–Crippen MR) is 66.7 cm³/mol. The zero-order chi connectivity index (χ0) is 13.1. The van der Waals surface area contributed by atoms with E-state index in [1.165, 1.54) is 10.9 Å². The zero-order valence-electron chi connectivity index (χ0n) is 9.59. The number of hydrogen-bond donors (Lipinski definition) is 2. The second-order valence-corrected chi connectivity index (χ2v) is 4.06. The van der Waals surface area contributed by atoms with Gasteiger partial charge in [0.1, 0.15) is 16.5 Å². The van der Waals surface area contributed by atoms with Gasteiger partial charge in [0.15, 0.2) is 0 Å². The lowest BCUT2D eigenvalue weighted by atomic mass is 10.2. The van der Waals surface area contributed by atoms with E-state index in [4.69, 9.17) is 16.7 Å². The van der Waals surface area contributed by atoms with Crippen molar-refractivity contribution in [3.8, 4) is 0 Å². The summed E-state index contributed by atoms with van der Waals surface area (Å²) in [6, 6.07) is 3.51. The second-order valence-electron chi connectivity index (χ2n) is 3.68. The first kappa shape index (κ1) is 12.4. The van der Waals surface area contributed by atoms with Crippen molar-refractivity contribution in [2.45, 2.75) is 6.54 Å². The molecule has 0 aliphatic rings. The quantitative estimate of drug-likeness (QED) is 0.825. The Morgan fingerprint density at radius 2 is 2.39 bits per heavy atom. The van der Waals surface area contributed by atoms with Crippen molar-refractivity contribution >= 4 is 23.4 Å². The lowest BCUT2D eigenvalue weighted by Crippen LogP contribution is -2.08. The van der Waals surface area contributed by atoms with E-state index < -0.39 is 5.97 Å². The number of aromatic carboxylic acids is 1. The zero-order valence-corrected chi connectivity index (χ0v) is 10.3. The lowest BCUT2D eigenvalue weighted by molar-refractivity contribution is 0.0698. The summed E-state index contributed by atoms with van der Waals surface area (Å²) in [5, 5.41) is 16.3. The van der Waals surface area contributed by atoms with Crippen LogP contribution in [0.1, 0.15) is 15.9 Å². The van der Waals surface area contributed by atoms with Crippen molar-refractivity contribution < 1.29 is 9.90 Å². The minimum Gasteiger partial charge on any atom is -0.477 e. The molecule has 2 heterocycles. The molecule has 18 heavy (non-hydrogen) atoms. The van der Waals surface area contributed by atoms with Crippen LogP contribution in [0.5, 0.6) is 0 Å². The number of carbonyl (C=O) groups is 1. The van der Waals surface area contributed by atoms with Crippen LogP contribution >= 0.6 is 11.6 Å². The van der Waals surface area contributed by atoms with Gasteiger partial charge in [0.05, 0.1) is 6.20 Å². The van der Waals surface area contributed by atoms with Crippen LogP contribution in [0.2, 0.25) is 5.15 Å². The number of anilines is 1. The molecule has 0 aliphatic heterocycles. The molecule has 0 aromatic carbocycles. The van der Waals surface area contributed by atoms with Crippen molar-refractivity contribution in [3.63, 3.8) is 0 Å². The Kier molecular flexibility index (Phi) is 3.47. The number of aromatic nitrogens is 3. The number of pyridine rings is 1. The average molecular weight is 267 g/mol. The van der Waals surface area contributed by atoms with Gasteiger partial charge in [-0.3, -0.25) is 4.68 Å². The fourth-order valence-corrected chi connectivity index (χ4v) is 1.74. The molecular formula is C11H11ClN4O2. The smallest absolute Gasteiger partial charge is 0.341 e. The highest BCUT2D eigenvalue weighted by Gasteiger charge is 2.14. The highest BCUT2D eigenvalue weighted by Crippen LogP contribution is 2.15. The number of aryl methyl sites for hydroxylation is 1. The van der Waals surface area contributed by atoms with Crippen LogP contribution in [0, 0.1) is 0 Å². The van der Waals surface area contributed by atoms with Gasteiger partial charge in [-0.1, -0.05) is 11.6 Å². The number of nitrogens with zero attached hydrogens (tertiary/aromatic N) is 3. The molecule has 2 aromatic heterocycles. The fourth-order valence-electron chi connectivity index (χ4n) is 1.54. The highest BCUT2D eigenvalue weighted by atomic mass is 35.5. The molecule has 7 heteroatoms. The van der Waals surface area contributed by atoms with Gasteiger partial charge < -0.3 is 10.4 Å². The minimum atomic E-state index is -1.02. The molecule has 0 spiro atoms. The summed E-state index contributed by atoms with van der Waals surface area (Å²) < 4.78 is 1.48. The molecule has 6 nitrogen and oxygen atoms in total. The summed E-state index contributed by atoms with van der Waals surface area (Å²) in [6.45, 7) is 0.446. The van der Waals surface area contributed by atoms with E-state index in [1.54, 1.807) is 25.4 Å². The van der Waals surface area contributed by atoms with Crippen molar-refractivity contribution in [1.82, 2.24) is 14.8 Å². The summed E-state index contributed by atoms with van der Waals surface area (Å²) in [7, 11) is 1.67. The molecule has 0 fully saturated rings. The topological polar surface area (TPSA) is 80.0 Å². The van der Waals surface area contributed by atoms with Crippen molar-refractivity contribution in [3.05, 3.63) is 40.8 Å². The summed E-state index contributed by atoms with van der Waals surface area (Å²) in [6.07, 6.45) is 2.91. The van der Waals surface area contributed by atoms with E-state index >= 15 is 0 Å². The molecule has 0 bridgehead atoms. The highest BCUT2D eigenvalue weighted by molar-refractivity contribution is 6.29. The standard InChI is InChI=1S/C11H11ClN4O2/c1-16-10(8(6-15-16)11(17)18)14-5-7-2-3-13-9(12)4-7/h2-4,6,14H,5H2,1H3,(H,17,18). The number of carboxylic acids is 1. The lowest BCUT2D eigenvalue weighted by Gasteiger charge is -2.08. The van der Waals surface area contributed by atoms with E-state index in [2.05, 4.69) is 15.4 Å². The van der Waals surface area contributed by atoms with Crippen LogP contribution in [0.3, 0.4) is 0 Å². The van der Waals surface area contributed by atoms with Gasteiger partial charge in [-0.25, -0.2) is 9.78 Å².